The van der Waals surface area contributed by atoms with Crippen molar-refractivity contribution in [1.29, 1.82) is 0 Å². The lowest BCUT2D eigenvalue weighted by Crippen LogP contribution is -2.25. The first kappa shape index (κ1) is 14.8. The Hall–Kier alpha value is -1.58. The van der Waals surface area contributed by atoms with Crippen LogP contribution in [-0.4, -0.2) is 23.7 Å². The smallest absolute Gasteiger partial charge is 0.118 e. The molecule has 2 aromatic rings. The summed E-state index contributed by atoms with van der Waals surface area (Å²) in [7, 11) is 2.07. The van der Waals surface area contributed by atoms with Gasteiger partial charge in [0.05, 0.1) is 6.54 Å². The maximum Gasteiger partial charge on any atom is 0.118 e. The number of aliphatic hydroxyl groups excluding tert-OH is 1. The average Bonchev–Trinajstić information content (AvgIpc) is 2.93. The van der Waals surface area contributed by atoms with E-state index in [1.165, 1.54) is 5.56 Å². The molecule has 2 rings (SSSR count). The predicted molar refractivity (Wildman–Crippen MR) is 80.4 cm³/mol. The maximum atomic E-state index is 9.31. The Balaban J connectivity index is 2.08. The molecule has 1 unspecified atom stereocenters. The van der Waals surface area contributed by atoms with Crippen LogP contribution in [0.25, 0.3) is 0 Å². The van der Waals surface area contributed by atoms with Gasteiger partial charge in [-0.2, -0.15) is 0 Å². The van der Waals surface area contributed by atoms with Gasteiger partial charge in [-0.05, 0) is 31.2 Å². The molecule has 0 saturated carbocycles. The van der Waals surface area contributed by atoms with E-state index < -0.39 is 0 Å². The molecule has 0 aliphatic heterocycles. The molecule has 0 saturated heterocycles. The van der Waals surface area contributed by atoms with Crippen LogP contribution >= 0.6 is 0 Å². The predicted octanol–water partition coefficient (Wildman–Crippen LogP) is 3.40. The molecule has 0 amide bonds. The maximum absolute atomic E-state index is 9.31. The van der Waals surface area contributed by atoms with Crippen LogP contribution < -0.4 is 0 Å². The Bertz CT molecular complexity index is 507. The molecule has 0 spiro atoms. The molecule has 3 nitrogen and oxygen atoms in total. The number of hydrogen-bond acceptors (Lipinski definition) is 3. The van der Waals surface area contributed by atoms with E-state index in [0.29, 0.717) is 0 Å². The van der Waals surface area contributed by atoms with Crippen molar-refractivity contribution in [3.05, 3.63) is 59.5 Å². The van der Waals surface area contributed by atoms with E-state index >= 15 is 0 Å². The summed E-state index contributed by atoms with van der Waals surface area (Å²) in [6, 6.07) is 14.6. The first-order valence-corrected chi connectivity index (χ1v) is 7.18. The Kier molecular flexibility index (Phi) is 5.39. The number of aryl methyl sites for hydroxylation is 1. The van der Waals surface area contributed by atoms with E-state index in [-0.39, 0.29) is 12.6 Å². The summed E-state index contributed by atoms with van der Waals surface area (Å²) >= 11 is 0. The molecular weight excluding hydrogens is 250 g/mol. The topological polar surface area (TPSA) is 36.6 Å². The highest BCUT2D eigenvalue weighted by molar-refractivity contribution is 5.19. The van der Waals surface area contributed by atoms with Gasteiger partial charge < -0.3 is 9.52 Å². The average molecular weight is 273 g/mol. The van der Waals surface area contributed by atoms with Gasteiger partial charge in [0.25, 0.3) is 0 Å². The van der Waals surface area contributed by atoms with E-state index in [1.54, 1.807) is 0 Å². The molecule has 0 aliphatic rings. The lowest BCUT2D eigenvalue weighted by atomic mass is 10.0. The van der Waals surface area contributed by atoms with Crippen molar-refractivity contribution < 1.29 is 9.52 Å². The molecule has 1 atom stereocenters. The molecule has 0 radical (unpaired) electrons. The summed E-state index contributed by atoms with van der Waals surface area (Å²) < 4.78 is 5.76. The summed E-state index contributed by atoms with van der Waals surface area (Å²) in [4.78, 5) is 2.23. The molecule has 1 heterocycles. The van der Waals surface area contributed by atoms with Gasteiger partial charge in [-0.15, -0.1) is 0 Å². The summed E-state index contributed by atoms with van der Waals surface area (Å²) in [6.07, 6.45) is 1.64. The first-order chi connectivity index (χ1) is 9.74. The molecule has 1 N–H and O–H groups in total. The number of rotatable bonds is 7. The molecule has 1 aromatic carbocycles. The van der Waals surface area contributed by atoms with Crippen molar-refractivity contribution in [3.8, 4) is 0 Å². The Morgan fingerprint density at radius 1 is 1.10 bits per heavy atom. The highest BCUT2D eigenvalue weighted by atomic mass is 16.3. The van der Waals surface area contributed by atoms with Crippen LogP contribution in [-0.2, 0) is 13.0 Å². The van der Waals surface area contributed by atoms with Crippen LogP contribution in [0.3, 0.4) is 0 Å². The van der Waals surface area contributed by atoms with Crippen molar-refractivity contribution in [1.82, 2.24) is 4.90 Å². The van der Waals surface area contributed by atoms with Gasteiger partial charge in [-0.3, -0.25) is 4.90 Å². The first-order valence-electron chi connectivity index (χ1n) is 7.18. The van der Waals surface area contributed by atoms with Crippen molar-refractivity contribution in [2.24, 2.45) is 0 Å². The minimum Gasteiger partial charge on any atom is -0.465 e. The minimum atomic E-state index is 0.183. The Labute approximate surface area is 120 Å². The zero-order valence-electron chi connectivity index (χ0n) is 12.2. The third-order valence-electron chi connectivity index (χ3n) is 3.59. The number of hydrogen-bond donors (Lipinski definition) is 1. The standard InChI is InChI=1S/C17H23NO2/c1-3-15-9-10-16(20-15)13-18(2)17(11-12-19)14-7-5-4-6-8-14/h4-10,17,19H,3,11-13H2,1-2H3. The van der Waals surface area contributed by atoms with Gasteiger partial charge in [0.2, 0.25) is 0 Å². The third kappa shape index (κ3) is 3.71. The summed E-state index contributed by atoms with van der Waals surface area (Å²) in [6.45, 7) is 3.02. The summed E-state index contributed by atoms with van der Waals surface area (Å²) in [5.41, 5.74) is 1.23. The molecule has 108 valence electrons. The SMILES string of the molecule is CCc1ccc(CN(C)C(CCO)c2ccccc2)o1. The van der Waals surface area contributed by atoms with Crippen LogP contribution in [0.4, 0.5) is 0 Å². The quantitative estimate of drug-likeness (QED) is 0.840. The molecule has 0 bridgehead atoms. The lowest BCUT2D eigenvalue weighted by molar-refractivity contribution is 0.170. The second-order valence-corrected chi connectivity index (χ2v) is 5.08. The van der Waals surface area contributed by atoms with Gasteiger partial charge in [-0.1, -0.05) is 37.3 Å². The second-order valence-electron chi connectivity index (χ2n) is 5.08. The van der Waals surface area contributed by atoms with Crippen LogP contribution in [0.5, 0.6) is 0 Å². The molecule has 3 heteroatoms. The zero-order valence-corrected chi connectivity index (χ0v) is 12.2. The Morgan fingerprint density at radius 2 is 1.80 bits per heavy atom. The zero-order chi connectivity index (χ0) is 14.4. The van der Waals surface area contributed by atoms with Crippen LogP contribution in [0.2, 0.25) is 0 Å². The van der Waals surface area contributed by atoms with Crippen molar-refractivity contribution in [2.75, 3.05) is 13.7 Å². The van der Waals surface area contributed by atoms with Gasteiger partial charge in [0, 0.05) is 19.1 Å². The molecule has 1 aromatic heterocycles. The number of furan rings is 1. The van der Waals surface area contributed by atoms with Crippen LogP contribution in [0.15, 0.2) is 46.9 Å². The number of benzene rings is 1. The highest BCUT2D eigenvalue weighted by Gasteiger charge is 2.17. The fourth-order valence-corrected chi connectivity index (χ4v) is 2.49. The number of aliphatic hydroxyl groups is 1. The van der Waals surface area contributed by atoms with E-state index in [9.17, 15) is 5.11 Å². The normalized spacial score (nSPS) is 12.8. The molecular formula is C17H23NO2. The molecule has 0 aliphatic carbocycles. The fraction of sp³-hybridized carbons (Fsp3) is 0.412. The van der Waals surface area contributed by atoms with E-state index in [4.69, 9.17) is 4.42 Å². The van der Waals surface area contributed by atoms with Crippen molar-refractivity contribution in [3.63, 3.8) is 0 Å². The largest absolute Gasteiger partial charge is 0.465 e. The Morgan fingerprint density at radius 3 is 2.40 bits per heavy atom. The highest BCUT2D eigenvalue weighted by Crippen LogP contribution is 2.24. The van der Waals surface area contributed by atoms with Gasteiger partial charge in [0.1, 0.15) is 11.5 Å². The third-order valence-corrected chi connectivity index (χ3v) is 3.59. The van der Waals surface area contributed by atoms with Crippen LogP contribution in [0, 0.1) is 0 Å². The minimum absolute atomic E-state index is 0.183. The van der Waals surface area contributed by atoms with E-state index in [2.05, 4.69) is 31.0 Å². The van der Waals surface area contributed by atoms with Crippen molar-refractivity contribution >= 4 is 0 Å². The number of nitrogens with zero attached hydrogens (tertiary/aromatic N) is 1. The molecule has 20 heavy (non-hydrogen) atoms. The van der Waals surface area contributed by atoms with Crippen LogP contribution in [0.1, 0.15) is 36.5 Å². The van der Waals surface area contributed by atoms with E-state index in [1.807, 2.05) is 30.3 Å². The summed E-state index contributed by atoms with van der Waals surface area (Å²) in [5, 5.41) is 9.31. The lowest BCUT2D eigenvalue weighted by Gasteiger charge is -2.27. The monoisotopic (exact) mass is 273 g/mol. The van der Waals surface area contributed by atoms with Gasteiger partial charge in [-0.25, -0.2) is 0 Å². The second kappa shape index (κ2) is 7.27. The van der Waals surface area contributed by atoms with E-state index in [0.717, 1.165) is 30.9 Å². The van der Waals surface area contributed by atoms with Crippen molar-refractivity contribution in [2.45, 2.75) is 32.4 Å². The molecule has 0 fully saturated rings. The summed E-state index contributed by atoms with van der Waals surface area (Å²) in [5.74, 6) is 2.00. The van der Waals surface area contributed by atoms with Gasteiger partial charge in [0.15, 0.2) is 0 Å². The fourth-order valence-electron chi connectivity index (χ4n) is 2.49. The van der Waals surface area contributed by atoms with Gasteiger partial charge >= 0.3 is 0 Å².